The maximum atomic E-state index is 10.2. The summed E-state index contributed by atoms with van der Waals surface area (Å²) in [6, 6.07) is 0. The summed E-state index contributed by atoms with van der Waals surface area (Å²) in [7, 11) is 0. The van der Waals surface area contributed by atoms with Crippen molar-refractivity contribution in [3.05, 3.63) is 0 Å². The largest absolute Gasteiger partial charge is 0.300 e. The second kappa shape index (κ2) is 19.6. The monoisotopic (exact) mass is 232 g/mol. The summed E-state index contributed by atoms with van der Waals surface area (Å²) < 4.78 is 0. The minimum absolute atomic E-state index is 0. The van der Waals surface area contributed by atoms with Gasteiger partial charge in [-0.05, 0) is 20.8 Å². The molecule has 0 aliphatic heterocycles. The maximum Gasteiger partial charge on any atom is 0.132 e. The number of hydrogen-bond donors (Lipinski definition) is 0. The van der Waals surface area contributed by atoms with Crippen LogP contribution in [-0.2, 0) is 14.4 Å². The van der Waals surface area contributed by atoms with Gasteiger partial charge in [0, 0.05) is 19.3 Å². The minimum Gasteiger partial charge on any atom is -0.300 e. The van der Waals surface area contributed by atoms with Gasteiger partial charge in [-0.3, -0.25) is 4.79 Å². The molecule has 16 heavy (non-hydrogen) atoms. The highest BCUT2D eigenvalue weighted by atomic mass is 16.1. The Morgan fingerprint density at radius 3 is 0.938 bits per heavy atom. The lowest BCUT2D eigenvalue weighted by molar-refractivity contribution is -0.118. The predicted octanol–water partition coefficient (Wildman–Crippen LogP) is 3.59. The van der Waals surface area contributed by atoms with Crippen molar-refractivity contribution in [1.29, 1.82) is 0 Å². The van der Waals surface area contributed by atoms with E-state index in [9.17, 15) is 14.4 Å². The van der Waals surface area contributed by atoms with E-state index in [4.69, 9.17) is 0 Å². The maximum absolute atomic E-state index is 10.2. The lowest BCUT2D eigenvalue weighted by atomic mass is 10.3. The fraction of sp³-hybridized carbons (Fsp3) is 0.769. The topological polar surface area (TPSA) is 51.2 Å². The van der Waals surface area contributed by atoms with Crippen LogP contribution in [0.2, 0.25) is 0 Å². The molecule has 0 heterocycles. The Balaban J connectivity index is -0.0000000668. The van der Waals surface area contributed by atoms with E-state index in [1.165, 1.54) is 13.8 Å². The molecular formula is C13H28O3. The fourth-order valence-electron chi connectivity index (χ4n) is 0.250. The first-order chi connectivity index (χ1) is 6.81. The van der Waals surface area contributed by atoms with Crippen LogP contribution < -0.4 is 0 Å². The molecule has 0 aromatic heterocycles. The van der Waals surface area contributed by atoms with Crippen molar-refractivity contribution < 1.29 is 14.4 Å². The highest BCUT2D eigenvalue weighted by Gasteiger charge is 1.86. The van der Waals surface area contributed by atoms with Crippen LogP contribution in [-0.4, -0.2) is 17.3 Å². The summed E-state index contributed by atoms with van der Waals surface area (Å²) in [5, 5.41) is 0. The number of hydrogen-bond acceptors (Lipinski definition) is 3. The number of carbonyl (C=O) groups excluding carboxylic acids is 3. The SMILES string of the molecule is C.CC(C)=O.CCC(=O)CC.CCC(C)=O. The van der Waals surface area contributed by atoms with E-state index in [0.29, 0.717) is 25.0 Å². The number of rotatable bonds is 3. The molecule has 0 rings (SSSR count). The smallest absolute Gasteiger partial charge is 0.132 e. The molecule has 0 aliphatic carbocycles. The second-order valence-corrected chi connectivity index (χ2v) is 3.21. The Morgan fingerprint density at radius 1 is 0.750 bits per heavy atom. The van der Waals surface area contributed by atoms with E-state index in [-0.39, 0.29) is 19.0 Å². The zero-order chi connectivity index (χ0) is 12.9. The first-order valence-corrected chi connectivity index (χ1v) is 5.29. The molecule has 0 unspecified atom stereocenters. The van der Waals surface area contributed by atoms with Crippen LogP contribution in [0.4, 0.5) is 0 Å². The molecule has 0 fully saturated rings. The summed E-state index contributed by atoms with van der Waals surface area (Å²) in [5.41, 5.74) is 0. The standard InChI is InChI=1S/C5H10O.C4H8O.C3H6O.CH4/c1-3-5(6)4-2;1-3-4(2)5;1-3(2)4;/h3-4H2,1-2H3;3H2,1-2H3;1-2H3;1H4. The summed E-state index contributed by atoms with van der Waals surface area (Å²) in [6.45, 7) is 10.2. The Bertz CT molecular complexity index is 174. The van der Waals surface area contributed by atoms with E-state index in [1.54, 1.807) is 6.92 Å². The van der Waals surface area contributed by atoms with Gasteiger partial charge in [0.25, 0.3) is 0 Å². The first kappa shape index (κ1) is 24.3. The van der Waals surface area contributed by atoms with Gasteiger partial charge in [-0.15, -0.1) is 0 Å². The van der Waals surface area contributed by atoms with E-state index < -0.39 is 0 Å². The van der Waals surface area contributed by atoms with E-state index in [0.717, 1.165) is 0 Å². The van der Waals surface area contributed by atoms with Crippen LogP contribution >= 0.6 is 0 Å². The third kappa shape index (κ3) is 74.8. The Labute approximate surface area is 101 Å². The van der Waals surface area contributed by atoms with Crippen LogP contribution in [0.3, 0.4) is 0 Å². The van der Waals surface area contributed by atoms with Gasteiger partial charge in [0.2, 0.25) is 0 Å². The van der Waals surface area contributed by atoms with Crippen molar-refractivity contribution in [1.82, 2.24) is 0 Å². The third-order valence-electron chi connectivity index (χ3n) is 1.29. The van der Waals surface area contributed by atoms with Gasteiger partial charge < -0.3 is 9.59 Å². The molecule has 0 N–H and O–H groups in total. The van der Waals surface area contributed by atoms with Gasteiger partial charge in [-0.25, -0.2) is 0 Å². The van der Waals surface area contributed by atoms with Crippen molar-refractivity contribution in [2.75, 3.05) is 0 Å². The summed E-state index contributed by atoms with van der Waals surface area (Å²) >= 11 is 0. The summed E-state index contributed by atoms with van der Waals surface area (Å²) in [6.07, 6.45) is 2.05. The predicted molar refractivity (Wildman–Crippen MR) is 69.6 cm³/mol. The third-order valence-corrected chi connectivity index (χ3v) is 1.29. The molecule has 0 amide bonds. The Kier molecular flexibility index (Phi) is 29.7. The molecule has 0 spiro atoms. The van der Waals surface area contributed by atoms with E-state index >= 15 is 0 Å². The van der Waals surface area contributed by atoms with Gasteiger partial charge >= 0.3 is 0 Å². The lowest BCUT2D eigenvalue weighted by Crippen LogP contribution is -1.88. The van der Waals surface area contributed by atoms with Crippen LogP contribution in [0.5, 0.6) is 0 Å². The molecule has 0 radical (unpaired) electrons. The molecule has 0 saturated heterocycles. The Morgan fingerprint density at radius 2 is 0.938 bits per heavy atom. The van der Waals surface area contributed by atoms with E-state index in [1.807, 2.05) is 20.8 Å². The van der Waals surface area contributed by atoms with Gasteiger partial charge in [-0.1, -0.05) is 28.2 Å². The summed E-state index contributed by atoms with van der Waals surface area (Å²) in [4.78, 5) is 29.4. The molecule has 0 aromatic rings. The van der Waals surface area contributed by atoms with Crippen molar-refractivity contribution in [2.45, 2.75) is 68.2 Å². The van der Waals surface area contributed by atoms with Crippen molar-refractivity contribution in [2.24, 2.45) is 0 Å². The van der Waals surface area contributed by atoms with Crippen molar-refractivity contribution in [3.8, 4) is 0 Å². The Hall–Kier alpha value is -0.990. The zero-order valence-corrected chi connectivity index (χ0v) is 10.8. The fourth-order valence-corrected chi connectivity index (χ4v) is 0.250. The highest BCUT2D eigenvalue weighted by Crippen LogP contribution is 1.83. The highest BCUT2D eigenvalue weighted by molar-refractivity contribution is 5.77. The zero-order valence-electron chi connectivity index (χ0n) is 10.8. The number of Topliss-reactive ketones (excluding diaryl/α,β-unsaturated/α-hetero) is 3. The minimum atomic E-state index is 0. The van der Waals surface area contributed by atoms with Crippen molar-refractivity contribution >= 4 is 17.3 Å². The average Bonchev–Trinajstić information content (AvgIpc) is 2.16. The van der Waals surface area contributed by atoms with Gasteiger partial charge in [0.05, 0.1) is 0 Å². The summed E-state index contributed by atoms with van der Waals surface area (Å²) in [5.74, 6) is 0.764. The lowest BCUT2D eigenvalue weighted by Gasteiger charge is -1.81. The van der Waals surface area contributed by atoms with Crippen LogP contribution in [0.15, 0.2) is 0 Å². The molecule has 98 valence electrons. The number of carbonyl (C=O) groups is 3. The first-order valence-electron chi connectivity index (χ1n) is 5.29. The number of ketones is 3. The average molecular weight is 232 g/mol. The molecule has 0 aromatic carbocycles. The van der Waals surface area contributed by atoms with Gasteiger partial charge in [-0.2, -0.15) is 0 Å². The van der Waals surface area contributed by atoms with Crippen LogP contribution in [0, 0.1) is 0 Å². The molecule has 0 saturated carbocycles. The second-order valence-electron chi connectivity index (χ2n) is 3.21. The molecular weight excluding hydrogens is 204 g/mol. The molecule has 0 atom stereocenters. The van der Waals surface area contributed by atoms with Crippen molar-refractivity contribution in [3.63, 3.8) is 0 Å². The van der Waals surface area contributed by atoms with Gasteiger partial charge in [0.15, 0.2) is 0 Å². The normalized spacial score (nSPS) is 7.12. The van der Waals surface area contributed by atoms with Crippen LogP contribution in [0.25, 0.3) is 0 Å². The molecule has 0 bridgehead atoms. The molecule has 3 nitrogen and oxygen atoms in total. The molecule has 0 aliphatic rings. The van der Waals surface area contributed by atoms with E-state index in [2.05, 4.69) is 0 Å². The van der Waals surface area contributed by atoms with Crippen LogP contribution in [0.1, 0.15) is 68.2 Å². The quantitative estimate of drug-likeness (QED) is 0.747. The van der Waals surface area contributed by atoms with Gasteiger partial charge in [0.1, 0.15) is 17.3 Å². The molecule has 3 heteroatoms.